The summed E-state index contributed by atoms with van der Waals surface area (Å²) in [5.41, 5.74) is -0.442. The van der Waals surface area contributed by atoms with Crippen LogP contribution in [-0.2, 0) is 5.41 Å². The van der Waals surface area contributed by atoms with E-state index in [2.05, 4.69) is 26.5 Å². The summed E-state index contributed by atoms with van der Waals surface area (Å²) >= 11 is 0. The maximum absolute atomic E-state index is 14.8. The highest BCUT2D eigenvalue weighted by Gasteiger charge is 2.53. The van der Waals surface area contributed by atoms with Gasteiger partial charge in [0, 0.05) is 37.6 Å². The van der Waals surface area contributed by atoms with Crippen LogP contribution in [0.25, 0.3) is 0 Å². The lowest BCUT2D eigenvalue weighted by molar-refractivity contribution is -0.000662. The Hall–Kier alpha value is -1.77. The number of amides is 1. The number of nitrogens with zero attached hydrogens (tertiary/aromatic N) is 2. The Morgan fingerprint density at radius 2 is 1.88 bits per heavy atom. The molecule has 3 N–H and O–H groups in total. The second-order valence-corrected chi connectivity index (χ2v) is 11.1. The highest BCUT2D eigenvalue weighted by atomic mass is 19.1. The van der Waals surface area contributed by atoms with Gasteiger partial charge in [-0.25, -0.2) is 13.6 Å². The average molecular weight is 477 g/mol. The van der Waals surface area contributed by atoms with Crippen molar-refractivity contribution in [1.29, 1.82) is 0 Å². The lowest BCUT2D eigenvalue weighted by Gasteiger charge is -2.54. The van der Waals surface area contributed by atoms with E-state index in [-0.39, 0.29) is 23.2 Å². The Kier molecular flexibility index (Phi) is 6.84. The van der Waals surface area contributed by atoms with Crippen molar-refractivity contribution in [3.8, 4) is 0 Å². The molecule has 1 aromatic rings. The number of likely N-dealkylation sites (tertiary alicyclic amines) is 2. The van der Waals surface area contributed by atoms with Crippen molar-refractivity contribution in [2.24, 2.45) is 11.8 Å². The first-order chi connectivity index (χ1) is 16.4. The second kappa shape index (κ2) is 9.70. The molecule has 0 radical (unpaired) electrons. The number of hydrogen-bond acceptors (Lipinski definition) is 4. The topological polar surface area (TPSA) is 67.8 Å². The molecule has 188 valence electrons. The van der Waals surface area contributed by atoms with Gasteiger partial charge in [0.15, 0.2) is 0 Å². The van der Waals surface area contributed by atoms with Crippen molar-refractivity contribution in [3.63, 3.8) is 0 Å². The van der Waals surface area contributed by atoms with Gasteiger partial charge in [-0.3, -0.25) is 0 Å². The number of alkyl halides is 1. The third-order valence-electron chi connectivity index (χ3n) is 8.99. The van der Waals surface area contributed by atoms with E-state index in [9.17, 15) is 18.7 Å². The van der Waals surface area contributed by atoms with Crippen molar-refractivity contribution >= 4 is 6.09 Å². The summed E-state index contributed by atoms with van der Waals surface area (Å²) in [5, 5.41) is 15.4. The van der Waals surface area contributed by atoms with Gasteiger partial charge in [-0.1, -0.05) is 18.6 Å². The number of rotatable bonds is 8. The van der Waals surface area contributed by atoms with Gasteiger partial charge in [-0.05, 0) is 87.8 Å². The first-order valence-electron chi connectivity index (χ1n) is 13.0. The SMILES string of the molecule is O=C(O)N[C@H]1CCC[C@@H]1[C@](CN1CCC1)(c1cccc(F)c1)C1CCN(CC2(F)CNC2)CC1. The molecule has 3 aliphatic heterocycles. The smallest absolute Gasteiger partial charge is 0.404 e. The first-order valence-corrected chi connectivity index (χ1v) is 13.0. The second-order valence-electron chi connectivity index (χ2n) is 11.1. The molecule has 0 spiro atoms. The molecular formula is C26H38F2N4O2. The number of nitrogens with one attached hydrogen (secondary N) is 2. The molecule has 4 fully saturated rings. The van der Waals surface area contributed by atoms with Gasteiger partial charge in [0.25, 0.3) is 0 Å². The molecule has 1 amide bonds. The molecule has 3 saturated heterocycles. The molecule has 1 aromatic carbocycles. The molecule has 0 unspecified atom stereocenters. The van der Waals surface area contributed by atoms with E-state index in [0.29, 0.717) is 25.6 Å². The molecule has 3 heterocycles. The molecule has 0 bridgehead atoms. The molecule has 1 aliphatic carbocycles. The summed E-state index contributed by atoms with van der Waals surface area (Å²) in [4.78, 5) is 16.4. The van der Waals surface area contributed by atoms with Crippen molar-refractivity contribution in [1.82, 2.24) is 20.4 Å². The molecule has 6 nitrogen and oxygen atoms in total. The number of hydrogen-bond donors (Lipinski definition) is 3. The summed E-state index contributed by atoms with van der Waals surface area (Å²) in [5.74, 6) is 0.175. The largest absolute Gasteiger partial charge is 0.465 e. The summed E-state index contributed by atoms with van der Waals surface area (Å²) in [7, 11) is 0. The molecule has 1 saturated carbocycles. The summed E-state index contributed by atoms with van der Waals surface area (Å²) in [6, 6.07) is 6.92. The van der Waals surface area contributed by atoms with Crippen LogP contribution in [-0.4, -0.2) is 85.1 Å². The van der Waals surface area contributed by atoms with Crippen LogP contribution < -0.4 is 10.6 Å². The minimum Gasteiger partial charge on any atom is -0.465 e. The van der Waals surface area contributed by atoms with Crippen LogP contribution in [0.4, 0.5) is 13.6 Å². The maximum atomic E-state index is 14.8. The maximum Gasteiger partial charge on any atom is 0.404 e. The lowest BCUT2D eigenvalue weighted by atomic mass is 9.57. The van der Waals surface area contributed by atoms with Gasteiger partial charge in [0.2, 0.25) is 0 Å². The number of halogens is 2. The van der Waals surface area contributed by atoms with E-state index in [4.69, 9.17) is 0 Å². The van der Waals surface area contributed by atoms with Gasteiger partial charge < -0.3 is 25.5 Å². The van der Waals surface area contributed by atoms with Crippen molar-refractivity contribution in [3.05, 3.63) is 35.6 Å². The molecule has 8 heteroatoms. The fourth-order valence-electron chi connectivity index (χ4n) is 7.20. The van der Waals surface area contributed by atoms with Crippen LogP contribution in [0.5, 0.6) is 0 Å². The van der Waals surface area contributed by atoms with Gasteiger partial charge in [0.1, 0.15) is 11.5 Å². The number of benzene rings is 1. The highest BCUT2D eigenvalue weighted by molar-refractivity contribution is 5.65. The zero-order valence-corrected chi connectivity index (χ0v) is 19.9. The van der Waals surface area contributed by atoms with Crippen molar-refractivity contribution < 1.29 is 18.7 Å². The normalized spacial score (nSPS) is 29.7. The molecule has 4 aliphatic rings. The standard InChI is InChI=1S/C26H38F2N4O2/c27-21-5-1-4-20(14-21)26(18-31-10-3-11-31,22-6-2-7-23(22)30-24(33)34)19-8-12-32(13-9-19)17-25(28)15-29-16-25/h1,4-5,14,19,22-23,29-30H,2-3,6-13,15-18H2,(H,33,34)/t22-,23-,26-/m0/s1. The Morgan fingerprint density at radius 1 is 1.12 bits per heavy atom. The van der Waals surface area contributed by atoms with E-state index in [1.54, 1.807) is 12.1 Å². The van der Waals surface area contributed by atoms with E-state index < -0.39 is 11.8 Å². The zero-order chi connectivity index (χ0) is 23.8. The number of carbonyl (C=O) groups is 1. The van der Waals surface area contributed by atoms with Crippen LogP contribution in [0, 0.1) is 17.7 Å². The predicted octanol–water partition coefficient (Wildman–Crippen LogP) is 3.23. The van der Waals surface area contributed by atoms with Gasteiger partial charge in [-0.15, -0.1) is 0 Å². The monoisotopic (exact) mass is 476 g/mol. The van der Waals surface area contributed by atoms with Gasteiger partial charge in [0.05, 0.1) is 0 Å². The third kappa shape index (κ3) is 4.69. The van der Waals surface area contributed by atoms with E-state index in [1.165, 1.54) is 12.5 Å². The lowest BCUT2D eigenvalue weighted by Crippen LogP contribution is -2.63. The number of carboxylic acid groups (broad SMARTS) is 1. The summed E-state index contributed by atoms with van der Waals surface area (Å²) in [6.07, 6.45) is 4.77. The van der Waals surface area contributed by atoms with Gasteiger partial charge in [-0.2, -0.15) is 0 Å². The summed E-state index contributed by atoms with van der Waals surface area (Å²) < 4.78 is 29.4. The minimum absolute atomic E-state index is 0.117. The average Bonchev–Trinajstić information content (AvgIpc) is 3.21. The van der Waals surface area contributed by atoms with Crippen molar-refractivity contribution in [2.45, 2.75) is 55.7 Å². The molecule has 3 atom stereocenters. The fraction of sp³-hybridized carbons (Fsp3) is 0.731. The van der Waals surface area contributed by atoms with Crippen LogP contribution in [0.15, 0.2) is 24.3 Å². The minimum atomic E-state index is -1.12. The predicted molar refractivity (Wildman–Crippen MR) is 127 cm³/mol. The number of piperidine rings is 1. The quantitative estimate of drug-likeness (QED) is 0.538. The Morgan fingerprint density at radius 3 is 2.47 bits per heavy atom. The summed E-state index contributed by atoms with van der Waals surface area (Å²) in [6.45, 7) is 5.90. The molecule has 34 heavy (non-hydrogen) atoms. The van der Waals surface area contributed by atoms with Crippen LogP contribution in [0.1, 0.15) is 44.1 Å². The molecular weight excluding hydrogens is 438 g/mol. The van der Waals surface area contributed by atoms with Gasteiger partial charge >= 0.3 is 6.09 Å². The van der Waals surface area contributed by atoms with E-state index in [1.807, 2.05) is 0 Å². The molecule has 5 rings (SSSR count). The molecule has 0 aromatic heterocycles. The highest BCUT2D eigenvalue weighted by Crippen LogP contribution is 2.51. The van der Waals surface area contributed by atoms with Crippen LogP contribution in [0.3, 0.4) is 0 Å². The Balaban J connectivity index is 1.47. The third-order valence-corrected chi connectivity index (χ3v) is 8.99. The zero-order valence-electron chi connectivity index (χ0n) is 19.9. The first kappa shape index (κ1) is 23.9. The van der Waals surface area contributed by atoms with E-state index >= 15 is 0 Å². The van der Waals surface area contributed by atoms with E-state index in [0.717, 1.165) is 70.4 Å². The van der Waals surface area contributed by atoms with Crippen molar-refractivity contribution in [2.75, 3.05) is 52.4 Å². The Labute approximate surface area is 201 Å². The van der Waals surface area contributed by atoms with Crippen LogP contribution in [0.2, 0.25) is 0 Å². The van der Waals surface area contributed by atoms with Crippen LogP contribution >= 0.6 is 0 Å². The fourth-order valence-corrected chi connectivity index (χ4v) is 7.20. The Bertz CT molecular complexity index is 870.